The van der Waals surface area contributed by atoms with Gasteiger partial charge in [-0.2, -0.15) is 0 Å². The molecule has 0 fully saturated rings. The molecule has 0 amide bonds. The maximum atomic E-state index is 8.96. The minimum Gasteiger partial charge on any atom is -0.508 e. The summed E-state index contributed by atoms with van der Waals surface area (Å²) in [6, 6.07) is 6.42. The van der Waals surface area contributed by atoms with Crippen molar-refractivity contribution < 1.29 is 15.2 Å². The number of hydrogen-bond donors (Lipinski definition) is 3. The second-order valence-electron chi connectivity index (χ2n) is 2.35. The molecule has 0 saturated heterocycles. The fraction of sp³-hybridized carbons (Fsp3) is 0.143. The molecule has 1 aromatic rings. The second kappa shape index (κ2) is 3.41. The van der Waals surface area contributed by atoms with E-state index >= 15 is 0 Å². The molecule has 0 aliphatic rings. The Morgan fingerprint density at radius 1 is 1.27 bits per heavy atom. The van der Waals surface area contributed by atoms with Crippen LogP contribution in [-0.4, -0.2) is 22.3 Å². The third kappa shape index (κ3) is 2.61. The lowest BCUT2D eigenvalue weighted by Gasteiger charge is -1.99. The first kappa shape index (κ1) is 8.10. The van der Waals surface area contributed by atoms with E-state index in [4.69, 9.17) is 15.2 Å². The van der Waals surface area contributed by atoms with Gasteiger partial charge in [-0.3, -0.25) is 0 Å². The Hall–Kier alpha value is -0.995. The summed E-state index contributed by atoms with van der Waals surface area (Å²) in [4.78, 5) is 0. The van der Waals surface area contributed by atoms with Crippen LogP contribution in [0.1, 0.15) is 5.56 Å². The number of rotatable bonds is 2. The van der Waals surface area contributed by atoms with E-state index in [9.17, 15) is 0 Å². The number of hydrogen-bond acceptors (Lipinski definition) is 3. The summed E-state index contributed by atoms with van der Waals surface area (Å²) in [7, 11) is -1.35. The average molecular weight is 152 g/mol. The number of phenolic OH excluding ortho intramolecular Hbond substituents is 1. The topological polar surface area (TPSA) is 60.7 Å². The van der Waals surface area contributed by atoms with E-state index in [1.807, 2.05) is 0 Å². The van der Waals surface area contributed by atoms with Gasteiger partial charge in [0.2, 0.25) is 0 Å². The summed E-state index contributed by atoms with van der Waals surface area (Å²) < 4.78 is 0. The van der Waals surface area contributed by atoms with Gasteiger partial charge in [0.25, 0.3) is 0 Å². The first-order valence-corrected chi connectivity index (χ1v) is 3.32. The number of benzene rings is 1. The maximum absolute atomic E-state index is 8.96. The van der Waals surface area contributed by atoms with E-state index in [1.165, 1.54) is 12.1 Å². The van der Waals surface area contributed by atoms with Crippen molar-refractivity contribution in [3.8, 4) is 5.75 Å². The predicted molar refractivity (Wildman–Crippen MR) is 42.0 cm³/mol. The molecule has 4 heteroatoms. The SMILES string of the molecule is OB(O)Cc1cccc(O)c1. The molecule has 0 atom stereocenters. The average Bonchev–Trinajstić information content (AvgIpc) is 1.85. The van der Waals surface area contributed by atoms with Gasteiger partial charge in [-0.05, 0) is 17.7 Å². The molecular formula is C7H9BO3. The molecule has 0 bridgehead atoms. The van der Waals surface area contributed by atoms with Gasteiger partial charge in [0, 0.05) is 6.32 Å². The Morgan fingerprint density at radius 3 is 2.55 bits per heavy atom. The Labute approximate surface area is 65.1 Å². The van der Waals surface area contributed by atoms with Crippen molar-refractivity contribution >= 4 is 7.12 Å². The summed E-state index contributed by atoms with van der Waals surface area (Å²) in [6.45, 7) is 0. The highest BCUT2D eigenvalue weighted by atomic mass is 16.4. The Kier molecular flexibility index (Phi) is 2.51. The van der Waals surface area contributed by atoms with Crippen molar-refractivity contribution in [2.24, 2.45) is 0 Å². The summed E-state index contributed by atoms with van der Waals surface area (Å²) in [5, 5.41) is 26.1. The molecule has 0 saturated carbocycles. The van der Waals surface area contributed by atoms with E-state index in [1.54, 1.807) is 12.1 Å². The van der Waals surface area contributed by atoms with Crippen molar-refractivity contribution in [1.29, 1.82) is 0 Å². The monoisotopic (exact) mass is 152 g/mol. The Bertz CT molecular complexity index is 237. The van der Waals surface area contributed by atoms with Crippen LogP contribution in [0.2, 0.25) is 0 Å². The highest BCUT2D eigenvalue weighted by molar-refractivity contribution is 6.40. The largest absolute Gasteiger partial charge is 0.508 e. The molecule has 1 aromatic carbocycles. The quantitative estimate of drug-likeness (QED) is 0.520. The van der Waals surface area contributed by atoms with Crippen molar-refractivity contribution in [2.45, 2.75) is 6.32 Å². The van der Waals surface area contributed by atoms with E-state index in [0.717, 1.165) is 0 Å². The van der Waals surface area contributed by atoms with Crippen molar-refractivity contribution in [2.75, 3.05) is 0 Å². The smallest absolute Gasteiger partial charge is 0.456 e. The summed E-state index contributed by atoms with van der Waals surface area (Å²) >= 11 is 0. The highest BCUT2D eigenvalue weighted by Gasteiger charge is 2.07. The first-order valence-electron chi connectivity index (χ1n) is 3.32. The van der Waals surface area contributed by atoms with Crippen molar-refractivity contribution in [1.82, 2.24) is 0 Å². The summed E-state index contributed by atoms with van der Waals surface area (Å²) in [6.07, 6.45) is 0.147. The molecule has 0 radical (unpaired) electrons. The molecule has 1 rings (SSSR count). The molecule has 3 nitrogen and oxygen atoms in total. The van der Waals surface area contributed by atoms with Crippen LogP contribution in [-0.2, 0) is 6.32 Å². The zero-order valence-corrected chi connectivity index (χ0v) is 5.94. The van der Waals surface area contributed by atoms with Crippen molar-refractivity contribution in [3.05, 3.63) is 29.8 Å². The maximum Gasteiger partial charge on any atom is 0.456 e. The lowest BCUT2D eigenvalue weighted by Crippen LogP contribution is -2.14. The van der Waals surface area contributed by atoms with E-state index in [2.05, 4.69) is 0 Å². The first-order chi connectivity index (χ1) is 5.18. The molecule has 0 heterocycles. The van der Waals surface area contributed by atoms with Crippen LogP contribution in [0.5, 0.6) is 5.75 Å². The van der Waals surface area contributed by atoms with Gasteiger partial charge in [0.1, 0.15) is 5.75 Å². The molecule has 0 aromatic heterocycles. The lowest BCUT2D eigenvalue weighted by molar-refractivity contribution is 0.405. The van der Waals surface area contributed by atoms with Crippen LogP contribution in [0.4, 0.5) is 0 Å². The van der Waals surface area contributed by atoms with Crippen molar-refractivity contribution in [3.63, 3.8) is 0 Å². The predicted octanol–water partition coefficient (Wildman–Crippen LogP) is -0.0533. The lowest BCUT2D eigenvalue weighted by atomic mass is 9.82. The Balaban J connectivity index is 2.71. The zero-order valence-electron chi connectivity index (χ0n) is 5.94. The van der Waals surface area contributed by atoms with Gasteiger partial charge in [-0.25, -0.2) is 0 Å². The summed E-state index contributed by atoms with van der Waals surface area (Å²) in [5.74, 6) is 0.142. The van der Waals surface area contributed by atoms with Crippen LogP contribution in [0.15, 0.2) is 24.3 Å². The standard InChI is InChI=1S/C7H9BO3/c9-7-3-1-2-6(4-7)5-8(10)11/h1-4,9-11H,5H2. The molecule has 0 aliphatic carbocycles. The van der Waals surface area contributed by atoms with Crippen LogP contribution in [0, 0.1) is 0 Å². The van der Waals surface area contributed by atoms with Gasteiger partial charge >= 0.3 is 7.12 Å². The third-order valence-electron chi connectivity index (χ3n) is 1.33. The Morgan fingerprint density at radius 2 is 2.00 bits per heavy atom. The van der Waals surface area contributed by atoms with Gasteiger partial charge in [-0.1, -0.05) is 12.1 Å². The van der Waals surface area contributed by atoms with Gasteiger partial charge < -0.3 is 15.2 Å². The van der Waals surface area contributed by atoms with Crippen LogP contribution >= 0.6 is 0 Å². The van der Waals surface area contributed by atoms with Gasteiger partial charge in [0.15, 0.2) is 0 Å². The van der Waals surface area contributed by atoms with E-state index < -0.39 is 7.12 Å². The minimum absolute atomic E-state index is 0.142. The molecule has 0 unspecified atom stereocenters. The van der Waals surface area contributed by atoms with Gasteiger partial charge in [-0.15, -0.1) is 0 Å². The fourth-order valence-electron chi connectivity index (χ4n) is 0.894. The van der Waals surface area contributed by atoms with E-state index in [0.29, 0.717) is 5.56 Å². The highest BCUT2D eigenvalue weighted by Crippen LogP contribution is 2.11. The molecule has 3 N–H and O–H groups in total. The molecule has 58 valence electrons. The zero-order chi connectivity index (χ0) is 8.27. The van der Waals surface area contributed by atoms with Crippen LogP contribution in [0.3, 0.4) is 0 Å². The van der Waals surface area contributed by atoms with E-state index in [-0.39, 0.29) is 12.1 Å². The number of aromatic hydroxyl groups is 1. The third-order valence-corrected chi connectivity index (χ3v) is 1.33. The summed E-state index contributed by atoms with van der Waals surface area (Å²) in [5.41, 5.74) is 0.708. The fourth-order valence-corrected chi connectivity index (χ4v) is 0.894. The van der Waals surface area contributed by atoms with Crippen LogP contribution in [0.25, 0.3) is 0 Å². The van der Waals surface area contributed by atoms with Crippen LogP contribution < -0.4 is 0 Å². The normalized spacial score (nSPS) is 9.64. The second-order valence-corrected chi connectivity index (χ2v) is 2.35. The molecular weight excluding hydrogens is 143 g/mol. The molecule has 0 spiro atoms. The number of phenols is 1. The molecule has 0 aliphatic heterocycles. The minimum atomic E-state index is -1.35. The van der Waals surface area contributed by atoms with Gasteiger partial charge in [0.05, 0.1) is 0 Å². The molecule has 11 heavy (non-hydrogen) atoms.